The predicted octanol–water partition coefficient (Wildman–Crippen LogP) is 0.855. The molecule has 0 bridgehead atoms. The summed E-state index contributed by atoms with van der Waals surface area (Å²) in [4.78, 5) is 15.1. The Kier molecular flexibility index (Phi) is 5.37. The quantitative estimate of drug-likeness (QED) is 0.869. The third-order valence-electron chi connectivity index (χ3n) is 3.00. The van der Waals surface area contributed by atoms with Crippen LogP contribution in [0.4, 0.5) is 10.1 Å². The lowest BCUT2D eigenvalue weighted by Gasteiger charge is -2.36. The first-order valence-electron chi connectivity index (χ1n) is 5.69. The Morgan fingerprint density at radius 3 is 2.39 bits per heavy atom. The maximum atomic E-state index is 13.6. The number of halogens is 2. The second-order valence-corrected chi connectivity index (χ2v) is 4.02. The van der Waals surface area contributed by atoms with Gasteiger partial charge in [-0.2, -0.15) is 0 Å². The van der Waals surface area contributed by atoms with Crippen molar-refractivity contribution in [2.75, 3.05) is 37.6 Å². The SMILES string of the molecule is Cl.NCC(=O)N1CCN(c2ccccc2F)CC1. The summed E-state index contributed by atoms with van der Waals surface area (Å²) in [5, 5.41) is 0. The van der Waals surface area contributed by atoms with Gasteiger partial charge in [0, 0.05) is 26.2 Å². The molecular weight excluding hydrogens is 257 g/mol. The second kappa shape index (κ2) is 6.56. The molecule has 1 amide bonds. The van der Waals surface area contributed by atoms with Gasteiger partial charge >= 0.3 is 0 Å². The minimum Gasteiger partial charge on any atom is -0.366 e. The summed E-state index contributed by atoms with van der Waals surface area (Å²) < 4.78 is 13.6. The van der Waals surface area contributed by atoms with Gasteiger partial charge in [-0.3, -0.25) is 4.79 Å². The third kappa shape index (κ3) is 3.11. The van der Waals surface area contributed by atoms with Crippen LogP contribution in [0.5, 0.6) is 0 Å². The highest BCUT2D eigenvalue weighted by Crippen LogP contribution is 2.19. The molecule has 0 radical (unpaired) electrons. The van der Waals surface area contributed by atoms with Crippen LogP contribution in [0.3, 0.4) is 0 Å². The molecule has 1 heterocycles. The summed E-state index contributed by atoms with van der Waals surface area (Å²) in [7, 11) is 0. The number of anilines is 1. The molecule has 0 aliphatic carbocycles. The van der Waals surface area contributed by atoms with E-state index < -0.39 is 0 Å². The fourth-order valence-electron chi connectivity index (χ4n) is 2.03. The van der Waals surface area contributed by atoms with Crippen LogP contribution in [0.2, 0.25) is 0 Å². The van der Waals surface area contributed by atoms with Crippen LogP contribution < -0.4 is 10.6 Å². The van der Waals surface area contributed by atoms with Crippen LogP contribution in [0.15, 0.2) is 24.3 Å². The highest BCUT2D eigenvalue weighted by atomic mass is 35.5. The Labute approximate surface area is 112 Å². The molecule has 1 fully saturated rings. The lowest BCUT2D eigenvalue weighted by atomic mass is 10.2. The lowest BCUT2D eigenvalue weighted by Crippen LogP contribution is -2.50. The van der Waals surface area contributed by atoms with E-state index in [1.807, 2.05) is 11.0 Å². The first kappa shape index (κ1) is 14.7. The van der Waals surface area contributed by atoms with Gasteiger partial charge in [0.05, 0.1) is 12.2 Å². The van der Waals surface area contributed by atoms with E-state index in [0.29, 0.717) is 31.9 Å². The highest BCUT2D eigenvalue weighted by molar-refractivity contribution is 5.85. The van der Waals surface area contributed by atoms with Crippen molar-refractivity contribution in [3.63, 3.8) is 0 Å². The average molecular weight is 274 g/mol. The number of rotatable bonds is 2. The molecule has 1 aromatic carbocycles. The van der Waals surface area contributed by atoms with E-state index in [0.717, 1.165) is 0 Å². The van der Waals surface area contributed by atoms with E-state index in [1.54, 1.807) is 17.0 Å². The monoisotopic (exact) mass is 273 g/mol. The summed E-state index contributed by atoms with van der Waals surface area (Å²) in [6, 6.07) is 6.70. The number of para-hydroxylation sites is 1. The number of benzene rings is 1. The van der Waals surface area contributed by atoms with Crippen LogP contribution in [-0.2, 0) is 4.79 Å². The molecule has 1 saturated heterocycles. The minimum absolute atomic E-state index is 0. The summed E-state index contributed by atoms with van der Waals surface area (Å²) in [6.45, 7) is 2.54. The van der Waals surface area contributed by atoms with E-state index in [9.17, 15) is 9.18 Å². The Bertz CT molecular complexity index is 408. The normalized spacial score (nSPS) is 15.2. The fraction of sp³-hybridized carbons (Fsp3) is 0.417. The van der Waals surface area contributed by atoms with Gasteiger partial charge < -0.3 is 15.5 Å². The molecule has 0 atom stereocenters. The molecule has 0 saturated carbocycles. The van der Waals surface area contributed by atoms with Gasteiger partial charge in [-0.05, 0) is 12.1 Å². The molecule has 1 aliphatic rings. The number of piperazine rings is 1. The van der Waals surface area contributed by atoms with Crippen molar-refractivity contribution < 1.29 is 9.18 Å². The standard InChI is InChI=1S/C12H16FN3O.ClH/c13-10-3-1-2-4-11(10)15-5-7-16(8-6-15)12(17)9-14;/h1-4H,5-9,14H2;1H. The number of amides is 1. The smallest absolute Gasteiger partial charge is 0.236 e. The number of hydrogen-bond acceptors (Lipinski definition) is 3. The number of hydrogen-bond donors (Lipinski definition) is 1. The van der Waals surface area contributed by atoms with Crippen LogP contribution in [-0.4, -0.2) is 43.5 Å². The van der Waals surface area contributed by atoms with Gasteiger partial charge in [0.15, 0.2) is 0 Å². The molecule has 0 spiro atoms. The maximum absolute atomic E-state index is 13.6. The van der Waals surface area contributed by atoms with Crippen molar-refractivity contribution in [3.8, 4) is 0 Å². The number of nitrogens with zero attached hydrogens (tertiary/aromatic N) is 2. The fourth-order valence-corrected chi connectivity index (χ4v) is 2.03. The zero-order valence-corrected chi connectivity index (χ0v) is 10.8. The van der Waals surface area contributed by atoms with Crippen LogP contribution >= 0.6 is 12.4 Å². The van der Waals surface area contributed by atoms with E-state index in [-0.39, 0.29) is 30.7 Å². The summed E-state index contributed by atoms with van der Waals surface area (Å²) in [6.07, 6.45) is 0. The molecule has 0 unspecified atom stereocenters. The largest absolute Gasteiger partial charge is 0.366 e. The highest BCUT2D eigenvalue weighted by Gasteiger charge is 2.21. The van der Waals surface area contributed by atoms with Crippen molar-refractivity contribution in [2.24, 2.45) is 5.73 Å². The van der Waals surface area contributed by atoms with Gasteiger partial charge in [-0.25, -0.2) is 4.39 Å². The Hall–Kier alpha value is -1.33. The number of carbonyl (C=O) groups excluding carboxylic acids is 1. The average Bonchev–Trinajstić information content (AvgIpc) is 2.39. The molecular formula is C12H17ClFN3O. The molecule has 6 heteroatoms. The Morgan fingerprint density at radius 1 is 1.22 bits per heavy atom. The first-order valence-corrected chi connectivity index (χ1v) is 5.69. The molecule has 2 rings (SSSR count). The summed E-state index contributed by atoms with van der Waals surface area (Å²) >= 11 is 0. The van der Waals surface area contributed by atoms with Gasteiger partial charge in [-0.1, -0.05) is 12.1 Å². The molecule has 4 nitrogen and oxygen atoms in total. The van der Waals surface area contributed by atoms with E-state index in [1.165, 1.54) is 6.07 Å². The molecule has 1 aliphatic heterocycles. The molecule has 1 aromatic rings. The topological polar surface area (TPSA) is 49.6 Å². The van der Waals surface area contributed by atoms with Gasteiger partial charge in [0.1, 0.15) is 5.82 Å². The molecule has 100 valence electrons. The predicted molar refractivity (Wildman–Crippen MR) is 71.5 cm³/mol. The van der Waals surface area contributed by atoms with E-state index >= 15 is 0 Å². The summed E-state index contributed by atoms with van der Waals surface area (Å²) in [5.41, 5.74) is 5.91. The van der Waals surface area contributed by atoms with Gasteiger partial charge in [0.25, 0.3) is 0 Å². The first-order chi connectivity index (χ1) is 8.22. The zero-order chi connectivity index (χ0) is 12.3. The summed E-state index contributed by atoms with van der Waals surface area (Å²) in [5.74, 6) is -0.260. The van der Waals surface area contributed by atoms with E-state index in [4.69, 9.17) is 5.73 Å². The van der Waals surface area contributed by atoms with Crippen molar-refractivity contribution in [2.45, 2.75) is 0 Å². The van der Waals surface area contributed by atoms with Crippen LogP contribution in [0.25, 0.3) is 0 Å². The van der Waals surface area contributed by atoms with Crippen LogP contribution in [0, 0.1) is 5.82 Å². The van der Waals surface area contributed by atoms with Crippen molar-refractivity contribution in [1.82, 2.24) is 4.90 Å². The van der Waals surface area contributed by atoms with Crippen molar-refractivity contribution in [3.05, 3.63) is 30.1 Å². The third-order valence-corrected chi connectivity index (χ3v) is 3.00. The number of carbonyl (C=O) groups is 1. The molecule has 2 N–H and O–H groups in total. The Balaban J connectivity index is 0.00000162. The Morgan fingerprint density at radius 2 is 1.83 bits per heavy atom. The van der Waals surface area contributed by atoms with Crippen molar-refractivity contribution in [1.29, 1.82) is 0 Å². The minimum atomic E-state index is -0.217. The van der Waals surface area contributed by atoms with Gasteiger partial charge in [-0.15, -0.1) is 12.4 Å². The lowest BCUT2D eigenvalue weighted by molar-refractivity contribution is -0.129. The number of nitrogens with two attached hydrogens (primary N) is 1. The maximum Gasteiger partial charge on any atom is 0.236 e. The van der Waals surface area contributed by atoms with Gasteiger partial charge in [0.2, 0.25) is 5.91 Å². The van der Waals surface area contributed by atoms with Crippen molar-refractivity contribution >= 4 is 24.0 Å². The second-order valence-electron chi connectivity index (χ2n) is 4.02. The van der Waals surface area contributed by atoms with E-state index in [2.05, 4.69) is 0 Å². The molecule has 0 aromatic heterocycles. The zero-order valence-electron chi connectivity index (χ0n) is 10.0. The molecule has 18 heavy (non-hydrogen) atoms. The van der Waals surface area contributed by atoms with Crippen LogP contribution in [0.1, 0.15) is 0 Å².